The molecule has 8 heteroatoms. The maximum Gasteiger partial charge on any atom is 0.226 e. The summed E-state index contributed by atoms with van der Waals surface area (Å²) in [6.07, 6.45) is 3.13. The van der Waals surface area contributed by atoms with Gasteiger partial charge in [0.25, 0.3) is 0 Å². The molecule has 1 aromatic heterocycles. The third-order valence-electron chi connectivity index (χ3n) is 4.66. The molecule has 0 unspecified atom stereocenters. The lowest BCUT2D eigenvalue weighted by Gasteiger charge is -2.13. The molecular weight excluding hydrogens is 510 g/mol. The highest BCUT2D eigenvalue weighted by atomic mass is 127. The van der Waals surface area contributed by atoms with Crippen LogP contribution in [0, 0.1) is 12.7 Å². The summed E-state index contributed by atoms with van der Waals surface area (Å²) in [6, 6.07) is 12.3. The fourth-order valence-electron chi connectivity index (χ4n) is 3.09. The van der Waals surface area contributed by atoms with Crippen LogP contribution in [0.5, 0.6) is 5.75 Å². The van der Waals surface area contributed by atoms with E-state index in [1.165, 1.54) is 17.7 Å². The normalized spacial score (nSPS) is 11.0. The second-order valence-corrected chi connectivity index (χ2v) is 6.89. The van der Waals surface area contributed by atoms with Gasteiger partial charge in [-0.15, -0.1) is 24.0 Å². The Hall–Kier alpha value is -2.62. The Morgan fingerprint density at radius 2 is 1.81 bits per heavy atom. The zero-order valence-electron chi connectivity index (χ0n) is 17.9. The standard InChI is InChI=1S/C23H27FN4O2.HI/c1-16-4-9-21(29-3)18(14-16)10-12-26-23(25-2)27-13-11-20-15-30-22(28-20)17-5-7-19(24)8-6-17;/h4-9,14-15H,10-13H2,1-3H3,(H2,25,26,27);1H. The van der Waals surface area contributed by atoms with Gasteiger partial charge in [0.2, 0.25) is 5.89 Å². The summed E-state index contributed by atoms with van der Waals surface area (Å²) in [6.45, 7) is 3.46. The van der Waals surface area contributed by atoms with Crippen molar-refractivity contribution in [2.75, 3.05) is 27.2 Å². The van der Waals surface area contributed by atoms with Gasteiger partial charge in [0.05, 0.1) is 12.8 Å². The van der Waals surface area contributed by atoms with Crippen LogP contribution in [0.1, 0.15) is 16.8 Å². The summed E-state index contributed by atoms with van der Waals surface area (Å²) >= 11 is 0. The lowest BCUT2D eigenvalue weighted by molar-refractivity contribution is 0.409. The summed E-state index contributed by atoms with van der Waals surface area (Å²) in [5.41, 5.74) is 3.94. The number of hydrogen-bond acceptors (Lipinski definition) is 4. The molecule has 1 heterocycles. The number of ether oxygens (including phenoxy) is 1. The maximum absolute atomic E-state index is 13.0. The predicted octanol–water partition coefficient (Wildman–Crippen LogP) is 4.37. The molecular formula is C23H28FIN4O2. The van der Waals surface area contributed by atoms with E-state index >= 15 is 0 Å². The fourth-order valence-corrected chi connectivity index (χ4v) is 3.09. The van der Waals surface area contributed by atoms with Crippen LogP contribution in [0.2, 0.25) is 0 Å². The minimum atomic E-state index is -0.283. The Morgan fingerprint density at radius 3 is 2.48 bits per heavy atom. The summed E-state index contributed by atoms with van der Waals surface area (Å²) in [7, 11) is 3.43. The average molecular weight is 538 g/mol. The van der Waals surface area contributed by atoms with Gasteiger partial charge in [-0.1, -0.05) is 17.7 Å². The first-order valence-corrected chi connectivity index (χ1v) is 9.87. The van der Waals surface area contributed by atoms with Crippen molar-refractivity contribution in [3.63, 3.8) is 0 Å². The molecule has 0 aliphatic carbocycles. The van der Waals surface area contributed by atoms with Crippen LogP contribution in [0.15, 0.2) is 58.1 Å². The first-order chi connectivity index (χ1) is 14.6. The molecule has 166 valence electrons. The number of oxazole rings is 1. The molecule has 0 aliphatic heterocycles. The first kappa shape index (κ1) is 24.6. The molecule has 0 spiro atoms. The number of aromatic nitrogens is 1. The Labute approximate surface area is 199 Å². The van der Waals surface area contributed by atoms with Crippen LogP contribution < -0.4 is 15.4 Å². The van der Waals surface area contributed by atoms with Gasteiger partial charge in [-0.25, -0.2) is 9.37 Å². The monoisotopic (exact) mass is 538 g/mol. The molecule has 0 amide bonds. The highest BCUT2D eigenvalue weighted by Gasteiger charge is 2.08. The summed E-state index contributed by atoms with van der Waals surface area (Å²) in [4.78, 5) is 8.71. The molecule has 2 N–H and O–H groups in total. The van der Waals surface area contributed by atoms with Crippen molar-refractivity contribution in [3.8, 4) is 17.2 Å². The quantitative estimate of drug-likeness (QED) is 0.253. The third kappa shape index (κ3) is 7.23. The van der Waals surface area contributed by atoms with Gasteiger partial charge in [0.15, 0.2) is 5.96 Å². The number of nitrogens with zero attached hydrogens (tertiary/aromatic N) is 2. The highest BCUT2D eigenvalue weighted by molar-refractivity contribution is 14.0. The highest BCUT2D eigenvalue weighted by Crippen LogP contribution is 2.20. The zero-order chi connectivity index (χ0) is 21.3. The van der Waals surface area contributed by atoms with E-state index in [-0.39, 0.29) is 29.8 Å². The predicted molar refractivity (Wildman–Crippen MR) is 132 cm³/mol. The van der Waals surface area contributed by atoms with Gasteiger partial charge in [-0.3, -0.25) is 4.99 Å². The Balaban J connectivity index is 0.00000341. The molecule has 0 atom stereocenters. The van der Waals surface area contributed by atoms with Gasteiger partial charge in [-0.2, -0.15) is 0 Å². The number of methoxy groups -OCH3 is 1. The van der Waals surface area contributed by atoms with Crippen LogP contribution in [0.3, 0.4) is 0 Å². The number of halogens is 2. The Kier molecular flexibility index (Phi) is 9.77. The zero-order valence-corrected chi connectivity index (χ0v) is 20.3. The SMILES string of the molecule is CN=C(NCCc1coc(-c2ccc(F)cc2)n1)NCCc1cc(C)ccc1OC.I. The van der Waals surface area contributed by atoms with E-state index in [2.05, 4.69) is 33.6 Å². The topological polar surface area (TPSA) is 71.7 Å². The van der Waals surface area contributed by atoms with Gasteiger partial charge >= 0.3 is 0 Å². The van der Waals surface area contributed by atoms with Crippen molar-refractivity contribution in [1.29, 1.82) is 0 Å². The lowest BCUT2D eigenvalue weighted by atomic mass is 10.1. The van der Waals surface area contributed by atoms with Crippen molar-refractivity contribution in [2.24, 2.45) is 4.99 Å². The number of nitrogens with one attached hydrogen (secondary N) is 2. The number of hydrogen-bond donors (Lipinski definition) is 2. The average Bonchev–Trinajstić information content (AvgIpc) is 3.22. The molecule has 0 saturated heterocycles. The molecule has 2 aromatic carbocycles. The van der Waals surface area contributed by atoms with E-state index in [0.29, 0.717) is 18.9 Å². The molecule has 0 fully saturated rings. The number of aryl methyl sites for hydroxylation is 1. The summed E-state index contributed by atoms with van der Waals surface area (Å²) in [5.74, 6) is 1.83. The van der Waals surface area contributed by atoms with E-state index in [1.54, 1.807) is 32.6 Å². The smallest absolute Gasteiger partial charge is 0.226 e. The van der Waals surface area contributed by atoms with E-state index in [0.717, 1.165) is 41.5 Å². The Bertz CT molecular complexity index is 989. The van der Waals surface area contributed by atoms with Gasteiger partial charge in [0, 0.05) is 32.1 Å². The van der Waals surface area contributed by atoms with Crippen molar-refractivity contribution < 1.29 is 13.5 Å². The van der Waals surface area contributed by atoms with Crippen molar-refractivity contribution in [3.05, 3.63) is 71.4 Å². The van der Waals surface area contributed by atoms with Crippen LogP contribution in [-0.4, -0.2) is 38.2 Å². The van der Waals surface area contributed by atoms with Gasteiger partial charge in [-0.05, 0) is 49.2 Å². The minimum absolute atomic E-state index is 0. The van der Waals surface area contributed by atoms with Crippen LogP contribution in [0.25, 0.3) is 11.5 Å². The molecule has 0 aliphatic rings. The van der Waals surface area contributed by atoms with E-state index in [4.69, 9.17) is 9.15 Å². The second kappa shape index (κ2) is 12.3. The molecule has 3 aromatic rings. The van der Waals surface area contributed by atoms with E-state index in [9.17, 15) is 4.39 Å². The van der Waals surface area contributed by atoms with E-state index in [1.807, 2.05) is 12.1 Å². The van der Waals surface area contributed by atoms with Crippen LogP contribution in [-0.2, 0) is 12.8 Å². The Morgan fingerprint density at radius 1 is 1.10 bits per heavy atom. The molecule has 0 bridgehead atoms. The van der Waals surface area contributed by atoms with Gasteiger partial charge in [0.1, 0.15) is 17.8 Å². The first-order valence-electron chi connectivity index (χ1n) is 9.87. The van der Waals surface area contributed by atoms with Crippen LogP contribution in [0.4, 0.5) is 4.39 Å². The number of rotatable bonds is 8. The van der Waals surface area contributed by atoms with Crippen LogP contribution >= 0.6 is 24.0 Å². The second-order valence-electron chi connectivity index (χ2n) is 6.89. The van der Waals surface area contributed by atoms with Crippen molar-refractivity contribution in [1.82, 2.24) is 15.6 Å². The molecule has 6 nitrogen and oxygen atoms in total. The molecule has 31 heavy (non-hydrogen) atoms. The summed E-state index contributed by atoms with van der Waals surface area (Å²) < 4.78 is 24.0. The minimum Gasteiger partial charge on any atom is -0.496 e. The van der Waals surface area contributed by atoms with Gasteiger partial charge < -0.3 is 19.8 Å². The third-order valence-corrected chi connectivity index (χ3v) is 4.66. The fraction of sp³-hybridized carbons (Fsp3) is 0.304. The van der Waals surface area contributed by atoms with E-state index < -0.39 is 0 Å². The number of benzene rings is 2. The van der Waals surface area contributed by atoms with Crippen molar-refractivity contribution in [2.45, 2.75) is 19.8 Å². The molecule has 0 saturated carbocycles. The maximum atomic E-state index is 13.0. The number of guanidine groups is 1. The molecule has 0 radical (unpaired) electrons. The summed E-state index contributed by atoms with van der Waals surface area (Å²) in [5, 5.41) is 6.59. The number of aliphatic imine (C=N–C) groups is 1. The largest absolute Gasteiger partial charge is 0.496 e. The van der Waals surface area contributed by atoms with Crippen molar-refractivity contribution >= 4 is 29.9 Å². The lowest BCUT2D eigenvalue weighted by Crippen LogP contribution is -2.39. The molecule has 3 rings (SSSR count).